The first-order valence-electron chi connectivity index (χ1n) is 8.53. The van der Waals surface area contributed by atoms with E-state index < -0.39 is 11.6 Å². The van der Waals surface area contributed by atoms with Gasteiger partial charge in [0.15, 0.2) is 0 Å². The van der Waals surface area contributed by atoms with Gasteiger partial charge in [0.25, 0.3) is 0 Å². The van der Waals surface area contributed by atoms with Crippen LogP contribution in [0.3, 0.4) is 0 Å². The Labute approximate surface area is 154 Å². The van der Waals surface area contributed by atoms with E-state index in [0.29, 0.717) is 29.7 Å². The predicted molar refractivity (Wildman–Crippen MR) is 99.1 cm³/mol. The van der Waals surface area contributed by atoms with Gasteiger partial charge in [-0.15, -0.1) is 0 Å². The van der Waals surface area contributed by atoms with Crippen LogP contribution in [-0.2, 0) is 13.5 Å². The summed E-state index contributed by atoms with van der Waals surface area (Å²) in [6.45, 7) is 0.645. The van der Waals surface area contributed by atoms with Gasteiger partial charge in [-0.05, 0) is 43.8 Å². The number of rotatable bonds is 5. The molecule has 3 heterocycles. The van der Waals surface area contributed by atoms with E-state index in [2.05, 4.69) is 25.6 Å². The molecule has 0 aliphatic carbocycles. The summed E-state index contributed by atoms with van der Waals surface area (Å²) in [4.78, 5) is 4.22. The van der Waals surface area contributed by atoms with Crippen LogP contribution in [-0.4, -0.2) is 38.6 Å². The lowest BCUT2D eigenvalue weighted by Gasteiger charge is -2.08. The molecule has 0 unspecified atom stereocenters. The third-order valence-corrected chi connectivity index (χ3v) is 4.45. The highest BCUT2D eigenvalue weighted by Gasteiger charge is 2.17. The van der Waals surface area contributed by atoms with Crippen molar-refractivity contribution in [2.45, 2.75) is 6.42 Å². The van der Waals surface area contributed by atoms with Crippen molar-refractivity contribution < 1.29 is 8.78 Å². The number of halogens is 2. The van der Waals surface area contributed by atoms with Gasteiger partial charge >= 0.3 is 0 Å². The molecule has 0 saturated carbocycles. The Morgan fingerprint density at radius 1 is 1.15 bits per heavy atom. The second-order valence-electron chi connectivity index (χ2n) is 6.38. The topological polar surface area (TPSA) is 71.4 Å². The van der Waals surface area contributed by atoms with E-state index in [1.165, 1.54) is 18.3 Å². The van der Waals surface area contributed by atoms with Crippen LogP contribution in [0.2, 0.25) is 0 Å². The number of benzene rings is 1. The van der Waals surface area contributed by atoms with Crippen LogP contribution >= 0.6 is 0 Å². The van der Waals surface area contributed by atoms with Gasteiger partial charge in [0.2, 0.25) is 0 Å². The van der Waals surface area contributed by atoms with E-state index in [-0.39, 0.29) is 11.3 Å². The first kappa shape index (κ1) is 17.3. The maximum Gasteiger partial charge on any atom is 0.135 e. The fourth-order valence-corrected chi connectivity index (χ4v) is 3.10. The zero-order chi connectivity index (χ0) is 19.0. The lowest BCUT2D eigenvalue weighted by atomic mass is 10.0. The summed E-state index contributed by atoms with van der Waals surface area (Å²) in [5.74, 6) is -1.25. The second kappa shape index (κ2) is 6.88. The standard InChI is InChI=1S/C19H18F2N6/c1-22-4-3-11-5-14(20)18(15(21)6-11)16-7-13-17(9-23-16)25-26-19(13)12-8-24-27(2)10-12/h5-10,22H,3-4H2,1-2H3,(H,25,26). The quantitative estimate of drug-likeness (QED) is 0.568. The number of hydrogen-bond donors (Lipinski definition) is 2. The maximum absolute atomic E-state index is 14.6. The van der Waals surface area contributed by atoms with Crippen LogP contribution in [0, 0.1) is 11.6 Å². The average Bonchev–Trinajstić information content (AvgIpc) is 3.25. The number of nitrogens with one attached hydrogen (secondary N) is 2. The summed E-state index contributed by atoms with van der Waals surface area (Å²) in [6, 6.07) is 4.37. The lowest BCUT2D eigenvalue weighted by molar-refractivity contribution is 0.584. The first-order valence-corrected chi connectivity index (χ1v) is 8.53. The number of aromatic amines is 1. The van der Waals surface area contributed by atoms with Crippen molar-refractivity contribution in [2.24, 2.45) is 7.05 Å². The van der Waals surface area contributed by atoms with Gasteiger partial charge in [-0.2, -0.15) is 10.2 Å². The summed E-state index contributed by atoms with van der Waals surface area (Å²) in [7, 11) is 3.61. The van der Waals surface area contributed by atoms with Gasteiger partial charge in [0.05, 0.1) is 29.2 Å². The Kier molecular flexibility index (Phi) is 4.41. The van der Waals surface area contributed by atoms with Gasteiger partial charge in [-0.25, -0.2) is 8.78 Å². The monoisotopic (exact) mass is 368 g/mol. The molecule has 0 amide bonds. The molecule has 0 aliphatic heterocycles. The Hall–Kier alpha value is -3.13. The zero-order valence-corrected chi connectivity index (χ0v) is 14.9. The summed E-state index contributed by atoms with van der Waals surface area (Å²) < 4.78 is 30.9. The zero-order valence-electron chi connectivity index (χ0n) is 14.9. The van der Waals surface area contributed by atoms with Crippen molar-refractivity contribution in [1.29, 1.82) is 0 Å². The molecule has 138 valence electrons. The van der Waals surface area contributed by atoms with Gasteiger partial charge in [0, 0.05) is 24.2 Å². The fraction of sp³-hybridized carbons (Fsp3) is 0.211. The van der Waals surface area contributed by atoms with Gasteiger partial charge < -0.3 is 5.32 Å². The third kappa shape index (κ3) is 3.19. The third-order valence-electron chi connectivity index (χ3n) is 4.45. The lowest BCUT2D eigenvalue weighted by Crippen LogP contribution is -2.10. The summed E-state index contributed by atoms with van der Waals surface area (Å²) >= 11 is 0. The van der Waals surface area contributed by atoms with Crippen LogP contribution in [0.4, 0.5) is 8.78 Å². The molecule has 0 bridgehead atoms. The smallest absolute Gasteiger partial charge is 0.135 e. The molecule has 2 N–H and O–H groups in total. The Morgan fingerprint density at radius 3 is 2.59 bits per heavy atom. The second-order valence-corrected chi connectivity index (χ2v) is 6.38. The van der Waals surface area contributed by atoms with Crippen molar-refractivity contribution >= 4 is 10.9 Å². The number of pyridine rings is 1. The van der Waals surface area contributed by atoms with Crippen molar-refractivity contribution in [2.75, 3.05) is 13.6 Å². The Balaban J connectivity index is 1.80. The molecule has 27 heavy (non-hydrogen) atoms. The van der Waals surface area contributed by atoms with Gasteiger partial charge in [-0.1, -0.05) is 0 Å². The molecule has 0 aliphatic rings. The number of aromatic nitrogens is 5. The summed E-state index contributed by atoms with van der Waals surface area (Å²) in [5.41, 5.74) is 2.85. The molecule has 4 aromatic rings. The SMILES string of the molecule is CNCCc1cc(F)c(-c2cc3c(-c4cnn(C)c4)n[nH]c3cn2)c(F)c1. The number of hydrogen-bond acceptors (Lipinski definition) is 4. The molecule has 6 nitrogen and oxygen atoms in total. The Bertz CT molecular complexity index is 1090. The highest BCUT2D eigenvalue weighted by atomic mass is 19.1. The van der Waals surface area contributed by atoms with Crippen LogP contribution in [0.5, 0.6) is 0 Å². The number of fused-ring (bicyclic) bond motifs is 1. The molecule has 3 aromatic heterocycles. The molecule has 0 radical (unpaired) electrons. The summed E-state index contributed by atoms with van der Waals surface area (Å²) in [6.07, 6.45) is 5.59. The van der Waals surface area contributed by atoms with Crippen molar-refractivity contribution in [3.05, 3.63) is 54.0 Å². The van der Waals surface area contributed by atoms with Gasteiger partial charge in [-0.3, -0.25) is 14.8 Å². The normalized spacial score (nSPS) is 11.4. The minimum absolute atomic E-state index is 0.136. The van der Waals surface area contributed by atoms with E-state index in [1.54, 1.807) is 24.0 Å². The highest BCUT2D eigenvalue weighted by Crippen LogP contribution is 2.31. The van der Waals surface area contributed by atoms with Crippen LogP contribution < -0.4 is 5.32 Å². The Morgan fingerprint density at radius 2 is 1.93 bits per heavy atom. The number of H-pyrrole nitrogens is 1. The van der Waals surface area contributed by atoms with Gasteiger partial charge in [0.1, 0.15) is 17.3 Å². The maximum atomic E-state index is 14.6. The molecule has 0 spiro atoms. The number of aryl methyl sites for hydroxylation is 1. The number of likely N-dealkylation sites (N-methyl/N-ethyl adjacent to an activating group) is 1. The molecular weight excluding hydrogens is 350 g/mol. The van der Waals surface area contributed by atoms with Crippen molar-refractivity contribution in [3.8, 4) is 22.5 Å². The predicted octanol–water partition coefficient (Wildman–Crippen LogP) is 3.07. The minimum atomic E-state index is -0.626. The van der Waals surface area contributed by atoms with E-state index in [1.807, 2.05) is 13.2 Å². The molecule has 4 rings (SSSR count). The summed E-state index contributed by atoms with van der Waals surface area (Å²) in [5, 5.41) is 15.0. The number of nitrogens with zero attached hydrogens (tertiary/aromatic N) is 4. The fourth-order valence-electron chi connectivity index (χ4n) is 3.10. The van der Waals surface area contributed by atoms with Crippen molar-refractivity contribution in [3.63, 3.8) is 0 Å². The highest BCUT2D eigenvalue weighted by molar-refractivity contribution is 5.94. The molecular formula is C19H18F2N6. The van der Waals surface area contributed by atoms with Crippen molar-refractivity contribution in [1.82, 2.24) is 30.3 Å². The average molecular weight is 368 g/mol. The van der Waals surface area contributed by atoms with E-state index >= 15 is 0 Å². The first-order chi connectivity index (χ1) is 13.1. The molecule has 1 aromatic carbocycles. The van der Waals surface area contributed by atoms with Crippen LogP contribution in [0.25, 0.3) is 33.4 Å². The van der Waals surface area contributed by atoms with E-state index in [0.717, 1.165) is 10.9 Å². The largest absolute Gasteiger partial charge is 0.319 e. The van der Waals surface area contributed by atoms with E-state index in [9.17, 15) is 8.78 Å². The minimum Gasteiger partial charge on any atom is -0.319 e. The molecule has 0 fully saturated rings. The van der Waals surface area contributed by atoms with E-state index in [4.69, 9.17) is 0 Å². The van der Waals surface area contributed by atoms with Crippen LogP contribution in [0.1, 0.15) is 5.56 Å². The molecule has 0 saturated heterocycles. The molecule has 8 heteroatoms. The van der Waals surface area contributed by atoms with Crippen LogP contribution in [0.15, 0.2) is 36.8 Å². The molecule has 0 atom stereocenters.